The van der Waals surface area contributed by atoms with Gasteiger partial charge in [0, 0.05) is 0 Å². The highest BCUT2D eigenvalue weighted by atomic mass is 16.2. The summed E-state index contributed by atoms with van der Waals surface area (Å²) in [5, 5.41) is 4.94. The van der Waals surface area contributed by atoms with Crippen molar-refractivity contribution in [1.29, 1.82) is 0 Å². The molecular formula is C11H20N3O3. The second kappa shape index (κ2) is 7.78. The van der Waals surface area contributed by atoms with Crippen molar-refractivity contribution in [3.8, 4) is 0 Å². The second-order valence-electron chi connectivity index (χ2n) is 3.99. The Balaban J connectivity index is 4.21. The van der Waals surface area contributed by atoms with Gasteiger partial charge in [0.05, 0.1) is 12.1 Å². The van der Waals surface area contributed by atoms with E-state index >= 15 is 0 Å². The first-order valence-corrected chi connectivity index (χ1v) is 5.66. The monoisotopic (exact) mass is 242 g/mol. The zero-order valence-electron chi connectivity index (χ0n) is 10.4. The first-order valence-electron chi connectivity index (χ1n) is 5.66. The summed E-state index contributed by atoms with van der Waals surface area (Å²) in [4.78, 5) is 33.4. The van der Waals surface area contributed by atoms with E-state index in [2.05, 4.69) is 10.6 Å². The summed E-state index contributed by atoms with van der Waals surface area (Å²) in [6, 6.07) is -2.02. The molecule has 0 spiro atoms. The number of carbonyl (C=O) groups is 2. The summed E-state index contributed by atoms with van der Waals surface area (Å²) < 4.78 is 0. The maximum atomic E-state index is 11.6. The molecule has 0 aliphatic carbocycles. The second-order valence-corrected chi connectivity index (χ2v) is 3.99. The summed E-state index contributed by atoms with van der Waals surface area (Å²) >= 11 is 0. The van der Waals surface area contributed by atoms with Gasteiger partial charge < -0.3 is 16.4 Å². The topological polar surface area (TPSA) is 101 Å². The lowest BCUT2D eigenvalue weighted by Gasteiger charge is -2.17. The Morgan fingerprint density at radius 1 is 1.24 bits per heavy atom. The Bertz CT molecular complexity index is 279. The fourth-order valence-corrected chi connectivity index (χ4v) is 1.16. The molecule has 17 heavy (non-hydrogen) atoms. The van der Waals surface area contributed by atoms with E-state index in [1.807, 2.05) is 6.92 Å². The fourth-order valence-electron chi connectivity index (χ4n) is 1.16. The van der Waals surface area contributed by atoms with Crippen molar-refractivity contribution >= 4 is 18.1 Å². The zero-order chi connectivity index (χ0) is 13.4. The molecule has 0 aliphatic heterocycles. The lowest BCUT2D eigenvalue weighted by molar-refractivity contribution is -0.129. The van der Waals surface area contributed by atoms with Crippen LogP contribution >= 0.6 is 0 Å². The predicted octanol–water partition coefficient (Wildman–Crippen LogP) is -0.767. The molecule has 0 aromatic rings. The molecule has 6 heteroatoms. The molecule has 0 saturated carbocycles. The quantitative estimate of drug-likeness (QED) is 0.545. The first-order chi connectivity index (χ1) is 7.92. The third-order valence-electron chi connectivity index (χ3n) is 2.20. The summed E-state index contributed by atoms with van der Waals surface area (Å²) in [5.74, 6) is -0.824. The average molecular weight is 242 g/mol. The molecule has 0 unspecified atom stereocenters. The first kappa shape index (κ1) is 15.6. The number of nitrogens with two attached hydrogens (primary N) is 1. The van der Waals surface area contributed by atoms with E-state index < -0.39 is 29.9 Å². The van der Waals surface area contributed by atoms with Crippen LogP contribution in [-0.2, 0) is 14.4 Å². The van der Waals surface area contributed by atoms with Gasteiger partial charge in [-0.05, 0) is 20.3 Å². The van der Waals surface area contributed by atoms with Gasteiger partial charge in [-0.3, -0.25) is 14.4 Å². The molecule has 0 rings (SSSR count). The van der Waals surface area contributed by atoms with Gasteiger partial charge in [-0.1, -0.05) is 13.3 Å². The number of rotatable bonds is 7. The molecule has 0 aromatic heterocycles. The Labute approximate surface area is 101 Å². The lowest BCUT2D eigenvalue weighted by atomic mass is 10.1. The van der Waals surface area contributed by atoms with Crippen molar-refractivity contribution in [2.75, 3.05) is 0 Å². The average Bonchev–Trinajstić information content (AvgIpc) is 2.27. The van der Waals surface area contributed by atoms with E-state index in [1.165, 1.54) is 13.8 Å². The predicted molar refractivity (Wildman–Crippen MR) is 63.8 cm³/mol. The highest BCUT2D eigenvalue weighted by Crippen LogP contribution is 1.94. The summed E-state index contributed by atoms with van der Waals surface area (Å²) in [6.45, 7) is 4.96. The minimum absolute atomic E-state index is 0.408. The molecule has 0 heterocycles. The summed E-state index contributed by atoms with van der Waals surface area (Å²) in [6.07, 6.45) is 3.04. The molecule has 0 bridgehead atoms. The third-order valence-corrected chi connectivity index (χ3v) is 2.20. The molecule has 1 radical (unpaired) electrons. The van der Waals surface area contributed by atoms with E-state index in [0.717, 1.165) is 6.42 Å². The molecule has 0 aliphatic rings. The number of nitrogens with one attached hydrogen (secondary N) is 2. The molecule has 97 valence electrons. The highest BCUT2D eigenvalue weighted by molar-refractivity contribution is 5.90. The standard InChI is InChI=1S/C11H20N3O3/c1-4-5-9(6-15)14-11(17)8(3)13-10(16)7(2)12/h7-9H,4-5,12H2,1-3H3,(H,13,16)(H,14,17)/t7-,8-,9-/m0/s1. The van der Waals surface area contributed by atoms with Crippen LogP contribution in [0.3, 0.4) is 0 Å². The Morgan fingerprint density at radius 3 is 2.24 bits per heavy atom. The minimum atomic E-state index is -0.721. The molecule has 0 fully saturated rings. The van der Waals surface area contributed by atoms with Crippen molar-refractivity contribution in [1.82, 2.24) is 10.6 Å². The van der Waals surface area contributed by atoms with Crippen LogP contribution in [0.5, 0.6) is 0 Å². The molecule has 3 atom stereocenters. The van der Waals surface area contributed by atoms with E-state index in [1.54, 1.807) is 6.29 Å². The highest BCUT2D eigenvalue weighted by Gasteiger charge is 2.20. The SMILES string of the molecule is CCC[C@@H]([C]=O)NC(=O)[C@H](C)NC(=O)[C@H](C)N. The van der Waals surface area contributed by atoms with Crippen molar-refractivity contribution in [3.05, 3.63) is 0 Å². The van der Waals surface area contributed by atoms with Crippen LogP contribution < -0.4 is 16.4 Å². The molecular weight excluding hydrogens is 222 g/mol. The summed E-state index contributed by atoms with van der Waals surface area (Å²) in [7, 11) is 0. The molecule has 0 aromatic carbocycles. The van der Waals surface area contributed by atoms with Crippen LogP contribution in [0, 0.1) is 0 Å². The van der Waals surface area contributed by atoms with Gasteiger partial charge in [-0.25, -0.2) is 0 Å². The zero-order valence-corrected chi connectivity index (χ0v) is 10.4. The Morgan fingerprint density at radius 2 is 1.82 bits per heavy atom. The minimum Gasteiger partial charge on any atom is -0.344 e. The lowest BCUT2D eigenvalue weighted by Crippen LogP contribution is -2.51. The Hall–Kier alpha value is -1.43. The van der Waals surface area contributed by atoms with Crippen LogP contribution in [0.15, 0.2) is 0 Å². The number of hydrogen-bond donors (Lipinski definition) is 3. The third kappa shape index (κ3) is 6.01. The van der Waals surface area contributed by atoms with E-state index in [0.29, 0.717) is 6.42 Å². The van der Waals surface area contributed by atoms with Gasteiger partial charge in [-0.15, -0.1) is 0 Å². The van der Waals surface area contributed by atoms with E-state index in [9.17, 15) is 14.4 Å². The van der Waals surface area contributed by atoms with Gasteiger partial charge in [0.25, 0.3) is 0 Å². The van der Waals surface area contributed by atoms with Crippen molar-refractivity contribution in [3.63, 3.8) is 0 Å². The molecule has 4 N–H and O–H groups in total. The van der Waals surface area contributed by atoms with Crippen LogP contribution in [0.4, 0.5) is 0 Å². The van der Waals surface area contributed by atoms with Gasteiger partial charge in [0.1, 0.15) is 6.04 Å². The van der Waals surface area contributed by atoms with Crippen molar-refractivity contribution < 1.29 is 14.4 Å². The van der Waals surface area contributed by atoms with Crippen LogP contribution in [0.2, 0.25) is 0 Å². The number of carbonyl (C=O) groups excluding carboxylic acids is 3. The summed E-state index contributed by atoms with van der Waals surface area (Å²) in [5.41, 5.74) is 5.35. The van der Waals surface area contributed by atoms with Gasteiger partial charge in [-0.2, -0.15) is 0 Å². The van der Waals surface area contributed by atoms with Crippen molar-refractivity contribution in [2.24, 2.45) is 5.73 Å². The van der Waals surface area contributed by atoms with Crippen LogP contribution in [0.1, 0.15) is 33.6 Å². The number of hydrogen-bond acceptors (Lipinski definition) is 4. The maximum absolute atomic E-state index is 11.6. The molecule has 0 saturated heterocycles. The molecule has 6 nitrogen and oxygen atoms in total. The van der Waals surface area contributed by atoms with Gasteiger partial charge in [0.2, 0.25) is 18.1 Å². The van der Waals surface area contributed by atoms with Crippen LogP contribution in [-0.4, -0.2) is 36.2 Å². The number of amides is 2. The molecule has 2 amide bonds. The van der Waals surface area contributed by atoms with Gasteiger partial charge >= 0.3 is 0 Å². The fraction of sp³-hybridized carbons (Fsp3) is 0.727. The van der Waals surface area contributed by atoms with E-state index in [-0.39, 0.29) is 0 Å². The Kier molecular flexibility index (Phi) is 7.13. The smallest absolute Gasteiger partial charge is 0.242 e. The van der Waals surface area contributed by atoms with Crippen LogP contribution in [0.25, 0.3) is 0 Å². The van der Waals surface area contributed by atoms with E-state index in [4.69, 9.17) is 5.73 Å². The largest absolute Gasteiger partial charge is 0.344 e. The maximum Gasteiger partial charge on any atom is 0.242 e. The van der Waals surface area contributed by atoms with Gasteiger partial charge in [0.15, 0.2) is 0 Å². The normalized spacial score (nSPS) is 15.5. The van der Waals surface area contributed by atoms with Crippen molar-refractivity contribution in [2.45, 2.75) is 51.7 Å².